The molecule has 0 heterocycles. The maximum absolute atomic E-state index is 11.9. The van der Waals surface area contributed by atoms with E-state index in [-0.39, 0.29) is 25.6 Å². The smallest absolute Gasteiger partial charge is 0.305 e. The number of carbonyl (C=O) groups excluding carboxylic acids is 2. The van der Waals surface area contributed by atoms with Gasteiger partial charge in [-0.3, -0.25) is 9.59 Å². The molecule has 7 nitrogen and oxygen atoms in total. The summed E-state index contributed by atoms with van der Waals surface area (Å²) < 4.78 is 10.2. The molecule has 7 heteroatoms. The highest BCUT2D eigenvalue weighted by Crippen LogP contribution is 2.14. The van der Waals surface area contributed by atoms with Crippen LogP contribution in [0.15, 0.2) is 72.9 Å². The number of aliphatic hydroxyl groups excluding tert-OH is 3. The van der Waals surface area contributed by atoms with Crippen LogP contribution in [-0.2, 0) is 19.1 Å². The maximum atomic E-state index is 11.9. The molecule has 0 amide bonds. The molecule has 0 radical (unpaired) electrons. The van der Waals surface area contributed by atoms with Gasteiger partial charge in [0, 0.05) is 12.8 Å². The minimum absolute atomic E-state index is 0.177. The van der Waals surface area contributed by atoms with Gasteiger partial charge in [-0.25, -0.2) is 0 Å². The summed E-state index contributed by atoms with van der Waals surface area (Å²) in [4.78, 5) is 23.9. The van der Waals surface area contributed by atoms with E-state index < -0.39 is 24.3 Å². The number of hydrogen-bond acceptors (Lipinski definition) is 7. The van der Waals surface area contributed by atoms with Gasteiger partial charge < -0.3 is 24.8 Å². The van der Waals surface area contributed by atoms with Crippen LogP contribution in [0.25, 0.3) is 0 Å². The van der Waals surface area contributed by atoms with Crippen LogP contribution in [-0.4, -0.2) is 58.8 Å². The second-order valence-corrected chi connectivity index (χ2v) is 12.8. The van der Waals surface area contributed by atoms with Gasteiger partial charge in [0.2, 0.25) is 0 Å². The quantitative estimate of drug-likeness (QED) is 0.0291. The Balaban J connectivity index is 3.76. The van der Waals surface area contributed by atoms with E-state index in [2.05, 4.69) is 20.8 Å². The molecule has 48 heavy (non-hydrogen) atoms. The Kier molecular flexibility index (Phi) is 32.2. The van der Waals surface area contributed by atoms with E-state index in [1.54, 1.807) is 24.3 Å². The molecule has 0 aliphatic heterocycles. The van der Waals surface area contributed by atoms with E-state index >= 15 is 0 Å². The van der Waals surface area contributed by atoms with E-state index in [0.717, 1.165) is 38.0 Å². The van der Waals surface area contributed by atoms with Gasteiger partial charge in [-0.2, -0.15) is 0 Å². The van der Waals surface area contributed by atoms with Crippen molar-refractivity contribution < 1.29 is 34.4 Å². The number of carbonyl (C=O) groups is 2. The summed E-state index contributed by atoms with van der Waals surface area (Å²) in [5.41, 5.74) is 0. The SMILES string of the molecule is CC/C=C\C[C@@H](O)/C=C/C=C\C/C=C\C=C\[C@@H](O)/C=C\CCCC(=O)OC[C@H](O)COC(=O)CCCCCCCCCCCCC(C)C. The van der Waals surface area contributed by atoms with Crippen molar-refractivity contribution in [2.75, 3.05) is 13.2 Å². The molecule has 0 unspecified atom stereocenters. The highest BCUT2D eigenvalue weighted by molar-refractivity contribution is 5.69. The minimum atomic E-state index is -1.04. The summed E-state index contributed by atoms with van der Waals surface area (Å²) >= 11 is 0. The van der Waals surface area contributed by atoms with Crippen LogP contribution < -0.4 is 0 Å². The first-order chi connectivity index (χ1) is 23.2. The lowest BCUT2D eigenvalue weighted by molar-refractivity contribution is -0.152. The second kappa shape index (κ2) is 34.1. The third kappa shape index (κ3) is 34.6. The zero-order valence-corrected chi connectivity index (χ0v) is 30.4. The maximum Gasteiger partial charge on any atom is 0.305 e. The molecule has 0 aromatic heterocycles. The summed E-state index contributed by atoms with van der Waals surface area (Å²) in [5, 5.41) is 29.8. The van der Waals surface area contributed by atoms with Crippen LogP contribution in [0.1, 0.15) is 136 Å². The monoisotopic (exact) mass is 672 g/mol. The van der Waals surface area contributed by atoms with Gasteiger partial charge in [-0.15, -0.1) is 0 Å². The molecule has 0 saturated carbocycles. The van der Waals surface area contributed by atoms with Gasteiger partial charge in [-0.1, -0.05) is 158 Å². The Hall–Kier alpha value is -2.74. The molecule has 274 valence electrons. The number of hydrogen-bond donors (Lipinski definition) is 3. The highest BCUT2D eigenvalue weighted by Gasteiger charge is 2.12. The van der Waals surface area contributed by atoms with Crippen molar-refractivity contribution in [3.05, 3.63) is 72.9 Å². The topological polar surface area (TPSA) is 113 Å². The number of rotatable bonds is 31. The predicted octanol–water partition coefficient (Wildman–Crippen LogP) is 9.19. The zero-order valence-electron chi connectivity index (χ0n) is 30.4. The lowest BCUT2D eigenvalue weighted by Gasteiger charge is -2.12. The Bertz CT molecular complexity index is 944. The Labute approximate surface area is 292 Å². The number of ether oxygens (including phenoxy) is 2. The summed E-state index contributed by atoms with van der Waals surface area (Å²) in [7, 11) is 0. The fraction of sp³-hybridized carbons (Fsp3) is 0.659. The van der Waals surface area contributed by atoms with Crippen molar-refractivity contribution in [3.63, 3.8) is 0 Å². The Morgan fingerprint density at radius 3 is 1.73 bits per heavy atom. The molecular formula is C41H68O7. The van der Waals surface area contributed by atoms with Gasteiger partial charge in [0.25, 0.3) is 0 Å². The van der Waals surface area contributed by atoms with Gasteiger partial charge in [0.1, 0.15) is 19.3 Å². The second-order valence-electron chi connectivity index (χ2n) is 12.8. The van der Waals surface area contributed by atoms with E-state index in [0.29, 0.717) is 25.7 Å². The largest absolute Gasteiger partial charge is 0.463 e. The molecule has 0 aromatic carbocycles. The van der Waals surface area contributed by atoms with Gasteiger partial charge in [0.15, 0.2) is 0 Å². The van der Waals surface area contributed by atoms with Crippen molar-refractivity contribution >= 4 is 11.9 Å². The number of esters is 2. The summed E-state index contributed by atoms with van der Waals surface area (Å²) in [5.74, 6) is 0.0639. The first kappa shape index (κ1) is 45.3. The van der Waals surface area contributed by atoms with Gasteiger partial charge in [-0.05, 0) is 44.4 Å². The summed E-state index contributed by atoms with van der Waals surface area (Å²) in [6.07, 6.45) is 37.5. The van der Waals surface area contributed by atoms with Crippen molar-refractivity contribution in [2.45, 2.75) is 155 Å². The Morgan fingerprint density at radius 1 is 0.604 bits per heavy atom. The number of allylic oxidation sites excluding steroid dienone is 8. The van der Waals surface area contributed by atoms with Crippen LogP contribution in [0.4, 0.5) is 0 Å². The number of aliphatic hydroxyl groups is 3. The van der Waals surface area contributed by atoms with Crippen molar-refractivity contribution in [1.82, 2.24) is 0 Å². The van der Waals surface area contributed by atoms with Crippen molar-refractivity contribution in [1.29, 1.82) is 0 Å². The molecule has 0 saturated heterocycles. The first-order valence-corrected chi connectivity index (χ1v) is 18.6. The lowest BCUT2D eigenvalue weighted by atomic mass is 10.0. The van der Waals surface area contributed by atoms with Crippen LogP contribution in [0, 0.1) is 5.92 Å². The first-order valence-electron chi connectivity index (χ1n) is 18.6. The summed E-state index contributed by atoms with van der Waals surface area (Å²) in [6.45, 7) is 6.25. The zero-order chi connectivity index (χ0) is 35.5. The van der Waals surface area contributed by atoms with Gasteiger partial charge >= 0.3 is 11.9 Å². The van der Waals surface area contributed by atoms with Crippen molar-refractivity contribution in [3.8, 4) is 0 Å². The molecule has 3 N–H and O–H groups in total. The van der Waals surface area contributed by atoms with Crippen molar-refractivity contribution in [2.24, 2.45) is 5.92 Å². The van der Waals surface area contributed by atoms with E-state index in [4.69, 9.17) is 9.47 Å². The molecule has 3 atom stereocenters. The van der Waals surface area contributed by atoms with Crippen LogP contribution >= 0.6 is 0 Å². The van der Waals surface area contributed by atoms with Crippen LogP contribution in [0.2, 0.25) is 0 Å². The minimum Gasteiger partial charge on any atom is -0.463 e. The third-order valence-corrected chi connectivity index (χ3v) is 7.56. The van der Waals surface area contributed by atoms with E-state index in [1.165, 1.54) is 51.4 Å². The lowest BCUT2D eigenvalue weighted by Crippen LogP contribution is -2.25. The number of unbranched alkanes of at least 4 members (excludes halogenated alkanes) is 10. The fourth-order valence-corrected chi connectivity index (χ4v) is 4.72. The fourth-order valence-electron chi connectivity index (χ4n) is 4.72. The standard InChI is InChI=1S/C41H68O7/c1-4-5-20-28-37(42)29-22-16-12-10-13-17-23-30-38(43)31-24-19-26-33-41(46)48-35-39(44)34-47-40(45)32-25-18-14-9-7-6-8-11-15-21-27-36(2)3/h5,12-13,16-17,20,22-24,29-31,36-39,42-44H,4,6-11,14-15,18-19,21,25-28,32-35H2,1-3H3/b16-12-,17-13-,20-5-,29-22+,30-23+,31-24-/t37-,38-,39-/m1/s1. The van der Waals surface area contributed by atoms with Crippen LogP contribution in [0.3, 0.4) is 0 Å². The highest BCUT2D eigenvalue weighted by atomic mass is 16.6. The molecule has 0 aliphatic carbocycles. The predicted molar refractivity (Wildman–Crippen MR) is 198 cm³/mol. The van der Waals surface area contributed by atoms with Crippen LogP contribution in [0.5, 0.6) is 0 Å². The molecule has 0 bridgehead atoms. The summed E-state index contributed by atoms with van der Waals surface area (Å²) in [6, 6.07) is 0. The van der Waals surface area contributed by atoms with E-state index in [1.807, 2.05) is 48.6 Å². The van der Waals surface area contributed by atoms with Gasteiger partial charge in [0.05, 0.1) is 12.2 Å². The molecule has 0 fully saturated rings. The molecule has 0 spiro atoms. The molecule has 0 aromatic rings. The Morgan fingerprint density at radius 2 is 1.15 bits per heavy atom. The average molecular weight is 673 g/mol. The third-order valence-electron chi connectivity index (χ3n) is 7.56. The normalized spacial score (nSPS) is 14.5. The molecule has 0 aliphatic rings. The molecule has 0 rings (SSSR count). The average Bonchev–Trinajstić information content (AvgIpc) is 3.05. The van der Waals surface area contributed by atoms with E-state index in [9.17, 15) is 24.9 Å². The molecular weight excluding hydrogens is 604 g/mol.